The third-order valence-electron chi connectivity index (χ3n) is 5.55. The van der Waals surface area contributed by atoms with Crippen molar-refractivity contribution in [1.29, 1.82) is 0 Å². The maximum atomic E-state index is 10.8. The second kappa shape index (κ2) is 11.3. The van der Waals surface area contributed by atoms with Gasteiger partial charge in [-0.15, -0.1) is 0 Å². The fourth-order valence-electron chi connectivity index (χ4n) is 5.22. The normalized spacial score (nSPS) is 15.2. The van der Waals surface area contributed by atoms with E-state index in [2.05, 4.69) is 55.4 Å². The summed E-state index contributed by atoms with van der Waals surface area (Å²) in [6.45, 7) is 22.1. The van der Waals surface area contributed by atoms with Gasteiger partial charge >= 0.3 is 0 Å². The monoisotopic (exact) mass is 420 g/mol. The minimum absolute atomic E-state index is 0.181. The Morgan fingerprint density at radius 1 is 0.786 bits per heavy atom. The van der Waals surface area contributed by atoms with Gasteiger partial charge in [0.25, 0.3) is 11.0 Å². The average Bonchev–Trinajstić information content (AvgIpc) is 2.45. The lowest BCUT2D eigenvalue weighted by atomic mass is 9.68. The predicted molar refractivity (Wildman–Crippen MR) is 120 cm³/mol. The molecule has 0 bridgehead atoms. The Balaban J connectivity index is 5.10. The Bertz CT molecular complexity index is 511. The van der Waals surface area contributed by atoms with Crippen molar-refractivity contribution in [3.63, 3.8) is 0 Å². The molecule has 0 rings (SSSR count). The third kappa shape index (κ3) is 11.8. The summed E-state index contributed by atoms with van der Waals surface area (Å²) in [6, 6.07) is 0. The van der Waals surface area contributed by atoms with E-state index in [9.17, 15) is 8.42 Å². The summed E-state index contributed by atoms with van der Waals surface area (Å²) in [5, 5.41) is 0. The quantitative estimate of drug-likeness (QED) is 0.305. The average molecular weight is 421 g/mol. The summed E-state index contributed by atoms with van der Waals surface area (Å²) in [6.07, 6.45) is 8.04. The lowest BCUT2D eigenvalue weighted by molar-refractivity contribution is -0.157. The van der Waals surface area contributed by atoms with Crippen molar-refractivity contribution in [2.75, 3.05) is 6.61 Å². The second-order valence-corrected chi connectivity index (χ2v) is 12.0. The van der Waals surface area contributed by atoms with Crippen LogP contribution in [0.2, 0.25) is 0 Å². The number of rotatable bonds is 15. The maximum absolute atomic E-state index is 10.8. The Hall–Kier alpha value is -0.130. The first-order valence-corrected chi connectivity index (χ1v) is 12.1. The van der Waals surface area contributed by atoms with E-state index in [0.717, 1.165) is 12.8 Å². The van der Waals surface area contributed by atoms with Crippen LogP contribution in [0.1, 0.15) is 114 Å². The molecule has 0 aromatic carbocycles. The maximum Gasteiger partial charge on any atom is 0.257 e. The molecular formula is C23H48O4S. The highest BCUT2D eigenvalue weighted by Crippen LogP contribution is 2.43. The first-order chi connectivity index (χ1) is 12.6. The lowest BCUT2D eigenvalue weighted by Crippen LogP contribution is -2.44. The lowest BCUT2D eigenvalue weighted by Gasteiger charge is -2.45. The first-order valence-electron chi connectivity index (χ1n) is 11.0. The van der Waals surface area contributed by atoms with Crippen LogP contribution in [-0.2, 0) is 19.9 Å². The molecule has 28 heavy (non-hydrogen) atoms. The van der Waals surface area contributed by atoms with E-state index in [1.54, 1.807) is 0 Å². The molecule has 0 aliphatic carbocycles. The molecule has 0 N–H and O–H groups in total. The van der Waals surface area contributed by atoms with Gasteiger partial charge in [0.15, 0.2) is 0 Å². The van der Waals surface area contributed by atoms with Crippen molar-refractivity contribution in [3.05, 3.63) is 0 Å². The van der Waals surface area contributed by atoms with E-state index < -0.39 is 11.0 Å². The molecule has 0 saturated heterocycles. The summed E-state index contributed by atoms with van der Waals surface area (Å²) in [4.78, 5) is 0. The smallest absolute Gasteiger partial charge is 0.257 e. The summed E-state index contributed by atoms with van der Waals surface area (Å²) in [5.41, 5.74) is -0.697. The van der Waals surface area contributed by atoms with Crippen molar-refractivity contribution in [3.8, 4) is 0 Å². The van der Waals surface area contributed by atoms with Gasteiger partial charge in [0.2, 0.25) is 0 Å². The minimum Gasteiger partial charge on any atom is -0.370 e. The van der Waals surface area contributed by atoms with Crippen molar-refractivity contribution >= 4 is 11.0 Å². The van der Waals surface area contributed by atoms with E-state index in [1.165, 1.54) is 32.1 Å². The molecule has 170 valence electrons. The molecule has 0 aromatic heterocycles. The molecule has 0 aliphatic rings. The fraction of sp³-hybridized carbons (Fsp3) is 1.00. The summed E-state index contributed by atoms with van der Waals surface area (Å²) >= 11 is 0. The molecule has 4 nitrogen and oxygen atoms in total. The molecule has 0 fully saturated rings. The van der Waals surface area contributed by atoms with Gasteiger partial charge < -0.3 is 4.74 Å². The molecule has 1 unspecified atom stereocenters. The minimum atomic E-state index is -2.81. The number of hydrogen-bond acceptors (Lipinski definition) is 4. The SMILES string of the molecule is CCCCC(CCC)C(C)(C)CC(C)(C)OC(C)(C)CC(C)(C)CO[SH](=O)=O. The second-order valence-electron chi connectivity index (χ2n) is 11.3. The number of thiol groups is 1. The predicted octanol–water partition coefficient (Wildman–Crippen LogP) is 6.54. The molecule has 0 spiro atoms. The van der Waals surface area contributed by atoms with Gasteiger partial charge in [0.1, 0.15) is 0 Å². The standard InChI is InChI=1S/C23H48O4S/c1-11-13-15-19(14-12-2)21(5,6)17-23(9,10)27-22(7,8)16-20(3,4)18-26-28(24)25/h19,28H,11-18H2,1-10H3. The molecule has 0 aliphatic heterocycles. The summed E-state index contributed by atoms with van der Waals surface area (Å²) < 4.78 is 33.0. The summed E-state index contributed by atoms with van der Waals surface area (Å²) in [7, 11) is -2.81. The van der Waals surface area contributed by atoms with E-state index in [0.29, 0.717) is 5.92 Å². The van der Waals surface area contributed by atoms with Crippen LogP contribution < -0.4 is 0 Å². The zero-order chi connectivity index (χ0) is 22.2. The molecule has 1 atom stereocenters. The Kier molecular flexibility index (Phi) is 11.3. The van der Waals surface area contributed by atoms with E-state index in [-0.39, 0.29) is 28.6 Å². The summed E-state index contributed by atoms with van der Waals surface area (Å²) in [5.74, 6) is 0.710. The Morgan fingerprint density at radius 3 is 1.79 bits per heavy atom. The van der Waals surface area contributed by atoms with Crippen LogP contribution in [0.4, 0.5) is 0 Å². The van der Waals surface area contributed by atoms with E-state index in [1.807, 2.05) is 13.8 Å². The van der Waals surface area contributed by atoms with Crippen LogP contribution in [0.15, 0.2) is 0 Å². The molecular weight excluding hydrogens is 372 g/mol. The number of unbranched alkanes of at least 4 members (excludes halogenated alkanes) is 1. The number of ether oxygens (including phenoxy) is 1. The molecule has 0 aromatic rings. The van der Waals surface area contributed by atoms with Gasteiger partial charge in [-0.2, -0.15) is 0 Å². The zero-order valence-corrected chi connectivity index (χ0v) is 21.2. The van der Waals surface area contributed by atoms with E-state index in [4.69, 9.17) is 8.92 Å². The van der Waals surface area contributed by atoms with Crippen molar-refractivity contribution in [2.45, 2.75) is 125 Å². The van der Waals surface area contributed by atoms with E-state index >= 15 is 0 Å². The molecule has 0 amide bonds. The van der Waals surface area contributed by atoms with Crippen LogP contribution in [0.3, 0.4) is 0 Å². The van der Waals surface area contributed by atoms with Gasteiger partial charge in [-0.25, -0.2) is 8.42 Å². The molecule has 0 heterocycles. The highest BCUT2D eigenvalue weighted by Gasteiger charge is 2.39. The molecule has 0 radical (unpaired) electrons. The first kappa shape index (κ1) is 27.9. The van der Waals surface area contributed by atoms with Gasteiger partial charge in [-0.3, -0.25) is 4.18 Å². The number of hydrogen-bond donors (Lipinski definition) is 1. The Labute approximate surface area is 177 Å². The van der Waals surface area contributed by atoms with Crippen molar-refractivity contribution in [1.82, 2.24) is 0 Å². The van der Waals surface area contributed by atoms with Crippen LogP contribution >= 0.6 is 0 Å². The van der Waals surface area contributed by atoms with Gasteiger partial charge in [-0.05, 0) is 63.7 Å². The fourth-order valence-corrected chi connectivity index (χ4v) is 5.67. The van der Waals surface area contributed by atoms with Crippen molar-refractivity contribution in [2.24, 2.45) is 16.7 Å². The zero-order valence-electron chi connectivity index (χ0n) is 20.3. The van der Waals surface area contributed by atoms with Crippen LogP contribution in [-0.4, -0.2) is 26.2 Å². The van der Waals surface area contributed by atoms with Crippen molar-refractivity contribution < 1.29 is 17.3 Å². The molecule has 5 heteroatoms. The third-order valence-corrected chi connectivity index (χ3v) is 5.89. The van der Waals surface area contributed by atoms with Gasteiger partial charge in [0.05, 0.1) is 17.8 Å². The van der Waals surface area contributed by atoms with Gasteiger partial charge in [0, 0.05) is 0 Å². The highest BCUT2D eigenvalue weighted by molar-refractivity contribution is 7.67. The van der Waals surface area contributed by atoms with Crippen LogP contribution in [0, 0.1) is 16.7 Å². The van der Waals surface area contributed by atoms with Crippen LogP contribution in [0.5, 0.6) is 0 Å². The highest BCUT2D eigenvalue weighted by atomic mass is 32.2. The van der Waals surface area contributed by atoms with Gasteiger partial charge in [-0.1, -0.05) is 67.2 Å². The topological polar surface area (TPSA) is 52.6 Å². The largest absolute Gasteiger partial charge is 0.370 e. The molecule has 0 saturated carbocycles. The van der Waals surface area contributed by atoms with Crippen LogP contribution in [0.25, 0.3) is 0 Å². The Morgan fingerprint density at radius 2 is 1.32 bits per heavy atom.